The number of thioether (sulfide) groups is 1. The molecule has 7 rings (SSSR count). The SMILES string of the molecule is COc1ccc2nc(C)nc(SCC(=O)c3ccc(C(=O)N[C@@H]4C[C@H]5CC6(C)[C@H]7[C@@H](C4)C76C5)s3)c2c1F. The summed E-state index contributed by atoms with van der Waals surface area (Å²) < 4.78 is 20.1. The highest BCUT2D eigenvalue weighted by molar-refractivity contribution is 8.00. The van der Waals surface area contributed by atoms with Gasteiger partial charge in [0.1, 0.15) is 10.9 Å². The first-order valence-corrected chi connectivity index (χ1v) is 14.6. The Kier molecular flexibility index (Phi) is 5.09. The number of amides is 1. The molecule has 1 spiro atoms. The average Bonchev–Trinajstić information content (AvgIpc) is 3.45. The Balaban J connectivity index is 1.02. The number of Topliss-reactive ketones (excluding diaryl/α,β-unsaturated/α-hetero) is 1. The standard InChI is InChI=1S/C28H28FN3O3S2/c1-13-30-17-4-5-19(35-3)23(29)22(17)26(31-13)36-12-18(33)20-6-7-21(37-20)25(34)32-15-8-14-10-27(2)24-16(9-15)28(24,27)11-14/h4-7,14-16,24H,8-12H2,1-3H3,(H,32,34)/t14-,15+,16+,24+,27?,28?/m0/s1. The number of aryl methyl sites for hydroxylation is 1. The van der Waals surface area contributed by atoms with Crippen LogP contribution in [0, 0.1) is 41.3 Å². The molecule has 0 saturated heterocycles. The molecule has 4 aliphatic rings. The van der Waals surface area contributed by atoms with Crippen molar-refractivity contribution in [3.63, 3.8) is 0 Å². The predicted molar refractivity (Wildman–Crippen MR) is 141 cm³/mol. The number of ether oxygens (including phenoxy) is 1. The van der Waals surface area contributed by atoms with E-state index in [4.69, 9.17) is 4.74 Å². The van der Waals surface area contributed by atoms with Gasteiger partial charge in [0, 0.05) is 6.04 Å². The molecular formula is C28H28FN3O3S2. The quantitative estimate of drug-likeness (QED) is 0.237. The summed E-state index contributed by atoms with van der Waals surface area (Å²) in [6.07, 6.45) is 4.86. The van der Waals surface area contributed by atoms with Crippen molar-refractivity contribution in [3.8, 4) is 5.75 Å². The van der Waals surface area contributed by atoms with Crippen LogP contribution in [-0.2, 0) is 0 Å². The summed E-state index contributed by atoms with van der Waals surface area (Å²) in [4.78, 5) is 35.8. The highest BCUT2D eigenvalue weighted by Gasteiger charge is 2.94. The van der Waals surface area contributed by atoms with Crippen LogP contribution in [0.2, 0.25) is 0 Å². The Morgan fingerprint density at radius 3 is 2.81 bits per heavy atom. The summed E-state index contributed by atoms with van der Waals surface area (Å²) >= 11 is 2.39. The van der Waals surface area contributed by atoms with E-state index in [1.165, 1.54) is 49.1 Å². The number of rotatable bonds is 7. The summed E-state index contributed by atoms with van der Waals surface area (Å²) in [6, 6.07) is 6.90. The van der Waals surface area contributed by atoms with Gasteiger partial charge in [-0.25, -0.2) is 14.4 Å². The second-order valence-electron chi connectivity index (χ2n) is 11.4. The molecule has 2 unspecified atom stereocenters. The van der Waals surface area contributed by atoms with E-state index in [0.29, 0.717) is 37.0 Å². The molecule has 0 radical (unpaired) electrons. The molecule has 6 atom stereocenters. The van der Waals surface area contributed by atoms with Crippen LogP contribution >= 0.6 is 23.1 Å². The first-order valence-electron chi connectivity index (χ1n) is 12.8. The minimum absolute atomic E-state index is 0.0813. The van der Waals surface area contributed by atoms with Crippen molar-refractivity contribution in [2.75, 3.05) is 12.9 Å². The number of nitrogens with zero attached hydrogens (tertiary/aromatic N) is 2. The van der Waals surface area contributed by atoms with E-state index in [1.54, 1.807) is 25.1 Å². The lowest BCUT2D eigenvalue weighted by Crippen LogP contribution is -2.38. The molecule has 192 valence electrons. The molecule has 1 N–H and O–H groups in total. The van der Waals surface area contributed by atoms with E-state index < -0.39 is 5.82 Å². The summed E-state index contributed by atoms with van der Waals surface area (Å²) in [7, 11) is 1.41. The van der Waals surface area contributed by atoms with Gasteiger partial charge in [-0.15, -0.1) is 11.3 Å². The number of hydrogen-bond acceptors (Lipinski definition) is 7. The number of carbonyl (C=O) groups excluding carboxylic acids is 2. The number of hydrogen-bond donors (Lipinski definition) is 1. The second kappa shape index (κ2) is 7.99. The summed E-state index contributed by atoms with van der Waals surface area (Å²) in [5.74, 6) is 2.40. The first kappa shape index (κ1) is 23.6. The first-order chi connectivity index (χ1) is 17.7. The smallest absolute Gasteiger partial charge is 0.261 e. The zero-order chi connectivity index (χ0) is 25.7. The number of nitrogens with one attached hydrogen (secondary N) is 1. The minimum Gasteiger partial charge on any atom is -0.494 e. The zero-order valence-corrected chi connectivity index (χ0v) is 22.6. The molecule has 4 saturated carbocycles. The van der Waals surface area contributed by atoms with Crippen molar-refractivity contribution in [2.45, 2.75) is 50.6 Å². The maximum atomic E-state index is 15.0. The van der Waals surface area contributed by atoms with Gasteiger partial charge >= 0.3 is 0 Å². The van der Waals surface area contributed by atoms with Crippen molar-refractivity contribution < 1.29 is 18.7 Å². The van der Waals surface area contributed by atoms with Gasteiger partial charge in [-0.1, -0.05) is 18.7 Å². The van der Waals surface area contributed by atoms with Crippen molar-refractivity contribution >= 4 is 45.7 Å². The average molecular weight is 538 g/mol. The lowest BCUT2D eigenvalue weighted by atomic mass is 9.79. The molecule has 4 aliphatic carbocycles. The van der Waals surface area contributed by atoms with Crippen LogP contribution in [0.5, 0.6) is 5.75 Å². The Morgan fingerprint density at radius 1 is 1.19 bits per heavy atom. The van der Waals surface area contributed by atoms with Crippen molar-refractivity contribution in [1.29, 1.82) is 0 Å². The normalized spacial score (nSPS) is 32.5. The Labute approximate surface area is 222 Å². The largest absolute Gasteiger partial charge is 0.494 e. The number of fused-ring (bicyclic) bond motifs is 4. The van der Waals surface area contributed by atoms with Crippen LogP contribution in [0.3, 0.4) is 0 Å². The molecule has 2 heterocycles. The van der Waals surface area contributed by atoms with Crippen LogP contribution in [0.25, 0.3) is 10.9 Å². The molecule has 37 heavy (non-hydrogen) atoms. The zero-order valence-electron chi connectivity index (χ0n) is 21.0. The molecule has 6 nitrogen and oxygen atoms in total. The number of methoxy groups -OCH3 is 1. The monoisotopic (exact) mass is 537 g/mol. The van der Waals surface area contributed by atoms with Gasteiger partial charge in [-0.3, -0.25) is 9.59 Å². The molecular weight excluding hydrogens is 509 g/mol. The topological polar surface area (TPSA) is 81.2 Å². The summed E-state index contributed by atoms with van der Waals surface area (Å²) in [6.45, 7) is 4.21. The van der Waals surface area contributed by atoms with Gasteiger partial charge in [0.2, 0.25) is 0 Å². The maximum absolute atomic E-state index is 15.0. The number of ketones is 1. The lowest BCUT2D eigenvalue weighted by molar-refractivity contribution is 0.0922. The fourth-order valence-corrected chi connectivity index (χ4v) is 10.0. The molecule has 0 aliphatic heterocycles. The number of benzene rings is 1. The minimum atomic E-state index is -0.538. The fourth-order valence-electron chi connectivity index (χ4n) is 8.11. The molecule has 9 heteroatoms. The predicted octanol–water partition coefficient (Wildman–Crippen LogP) is 5.68. The van der Waals surface area contributed by atoms with E-state index in [0.717, 1.165) is 30.6 Å². The van der Waals surface area contributed by atoms with Crippen LogP contribution in [0.4, 0.5) is 4.39 Å². The Morgan fingerprint density at radius 2 is 2.00 bits per heavy atom. The maximum Gasteiger partial charge on any atom is 0.261 e. The molecule has 1 amide bonds. The Bertz CT molecular complexity index is 1490. The van der Waals surface area contributed by atoms with Gasteiger partial charge in [0.05, 0.1) is 33.5 Å². The third kappa shape index (κ3) is 3.35. The number of halogens is 1. The molecule has 4 fully saturated rings. The highest BCUT2D eigenvalue weighted by Crippen LogP contribution is 2.99. The van der Waals surface area contributed by atoms with Crippen molar-refractivity contribution in [2.24, 2.45) is 28.6 Å². The molecule has 2 bridgehead atoms. The van der Waals surface area contributed by atoms with Crippen molar-refractivity contribution in [3.05, 3.63) is 45.7 Å². The van der Waals surface area contributed by atoms with Gasteiger partial charge in [-0.05, 0) is 85.5 Å². The van der Waals surface area contributed by atoms with Crippen LogP contribution in [0.1, 0.15) is 57.8 Å². The summed E-state index contributed by atoms with van der Waals surface area (Å²) in [5.41, 5.74) is 1.71. The van der Waals surface area contributed by atoms with Gasteiger partial charge in [-0.2, -0.15) is 0 Å². The van der Waals surface area contributed by atoms with Gasteiger partial charge in [0.15, 0.2) is 17.3 Å². The number of carbonyl (C=O) groups is 2. The fraction of sp³-hybridized carbons (Fsp3) is 0.500. The van der Waals surface area contributed by atoms with Crippen molar-refractivity contribution in [1.82, 2.24) is 15.3 Å². The highest BCUT2D eigenvalue weighted by atomic mass is 32.2. The summed E-state index contributed by atoms with van der Waals surface area (Å²) in [5, 5.41) is 3.93. The van der Waals surface area contributed by atoms with E-state index >= 15 is 0 Å². The third-order valence-electron chi connectivity index (χ3n) is 9.52. The lowest BCUT2D eigenvalue weighted by Gasteiger charge is -2.30. The Hall–Kier alpha value is -2.52. The second-order valence-corrected chi connectivity index (χ2v) is 13.4. The van der Waals surface area contributed by atoms with E-state index in [1.807, 2.05) is 0 Å². The molecule has 1 aromatic carbocycles. The number of aromatic nitrogens is 2. The molecule has 3 aromatic rings. The van der Waals surface area contributed by atoms with Gasteiger partial charge < -0.3 is 10.1 Å². The van der Waals surface area contributed by atoms with E-state index in [-0.39, 0.29) is 34.6 Å². The van der Waals surface area contributed by atoms with Crippen LogP contribution in [0.15, 0.2) is 29.3 Å². The number of thiophene rings is 1. The van der Waals surface area contributed by atoms with Crippen LogP contribution in [-0.4, -0.2) is 40.6 Å². The van der Waals surface area contributed by atoms with E-state index in [9.17, 15) is 14.0 Å². The molecule has 2 aromatic heterocycles. The third-order valence-corrected chi connectivity index (χ3v) is 11.6. The van der Waals surface area contributed by atoms with Gasteiger partial charge in [0.25, 0.3) is 5.91 Å². The van der Waals surface area contributed by atoms with E-state index in [2.05, 4.69) is 22.2 Å². The van der Waals surface area contributed by atoms with Crippen LogP contribution < -0.4 is 10.1 Å².